The van der Waals surface area contributed by atoms with Crippen molar-refractivity contribution < 1.29 is 21.6 Å². The number of hydrogen-bond acceptors (Lipinski definition) is 4. The molecule has 2 aliphatic rings. The van der Waals surface area contributed by atoms with Crippen LogP contribution < -0.4 is 4.72 Å². The van der Waals surface area contributed by atoms with Gasteiger partial charge in [0.1, 0.15) is 5.84 Å². The number of fused-ring (bicyclic) bond motifs is 1. The second-order valence-electron chi connectivity index (χ2n) is 9.36. The van der Waals surface area contributed by atoms with E-state index in [1.807, 2.05) is 16.5 Å². The van der Waals surface area contributed by atoms with Crippen molar-refractivity contribution in [2.45, 2.75) is 78.9 Å². The molecule has 0 radical (unpaired) electrons. The molecule has 0 aliphatic carbocycles. The number of rotatable bonds is 3. The van der Waals surface area contributed by atoms with Gasteiger partial charge in [0, 0.05) is 31.1 Å². The summed E-state index contributed by atoms with van der Waals surface area (Å²) in [6.45, 7) is 14.6. The van der Waals surface area contributed by atoms with Crippen LogP contribution in [0.1, 0.15) is 61.3 Å². The summed E-state index contributed by atoms with van der Waals surface area (Å²) < 4.78 is 63.3. The molecule has 0 bridgehead atoms. The Hall–Kier alpha value is -1.09. The molecule has 156 valence electrons. The predicted molar refractivity (Wildman–Crippen MR) is 101 cm³/mol. The number of halogens is 3. The van der Waals surface area contributed by atoms with E-state index in [1.165, 1.54) is 0 Å². The highest BCUT2D eigenvalue weighted by molar-refractivity contribution is 7.90. The van der Waals surface area contributed by atoms with E-state index < -0.39 is 21.6 Å². The maximum Gasteiger partial charge on any atom is 0.511 e. The quantitative estimate of drug-likeness (QED) is 0.765. The Kier molecular flexibility index (Phi) is 5.56. The smallest absolute Gasteiger partial charge is 0.332 e. The van der Waals surface area contributed by atoms with Gasteiger partial charge in [-0.1, -0.05) is 48.5 Å². The minimum absolute atomic E-state index is 0.100. The molecule has 1 fully saturated rings. The van der Waals surface area contributed by atoms with E-state index in [0.717, 1.165) is 17.1 Å². The number of nitrogens with one attached hydrogen (secondary N) is 1. The molecule has 0 aromatic rings. The summed E-state index contributed by atoms with van der Waals surface area (Å²) in [6, 6.07) is -0.934. The van der Waals surface area contributed by atoms with E-state index in [-0.39, 0.29) is 29.8 Å². The van der Waals surface area contributed by atoms with Crippen molar-refractivity contribution in [3.05, 3.63) is 11.3 Å². The lowest BCUT2D eigenvalue weighted by Gasteiger charge is -2.43. The number of nitrogens with zero attached hydrogens (tertiary/aromatic N) is 2. The van der Waals surface area contributed by atoms with Gasteiger partial charge in [0.2, 0.25) is 0 Å². The Bertz CT molecular complexity index is 756. The normalized spacial score (nSPS) is 25.0. The molecular weight excluding hydrogens is 379 g/mol. The van der Waals surface area contributed by atoms with Gasteiger partial charge < -0.3 is 4.90 Å². The fraction of sp³-hybridized carbons (Fsp3) is 0.833. The first-order valence-electron chi connectivity index (χ1n) is 9.15. The Labute approximate surface area is 160 Å². The van der Waals surface area contributed by atoms with Gasteiger partial charge in [0.25, 0.3) is 0 Å². The van der Waals surface area contributed by atoms with Gasteiger partial charge in [-0.25, -0.2) is 13.1 Å². The zero-order valence-electron chi connectivity index (χ0n) is 17.0. The first kappa shape index (κ1) is 22.2. The molecule has 27 heavy (non-hydrogen) atoms. The number of sulfonamides is 1. The van der Waals surface area contributed by atoms with Gasteiger partial charge in [-0.15, -0.1) is 0 Å². The van der Waals surface area contributed by atoms with Crippen molar-refractivity contribution >= 4 is 15.9 Å². The molecule has 2 atom stereocenters. The maximum atomic E-state index is 12.8. The first-order chi connectivity index (χ1) is 12.0. The van der Waals surface area contributed by atoms with Gasteiger partial charge in [0.05, 0.1) is 6.04 Å². The Morgan fingerprint density at radius 3 is 2.11 bits per heavy atom. The molecule has 0 saturated carbocycles. The fourth-order valence-corrected chi connectivity index (χ4v) is 4.54. The molecule has 0 aromatic heterocycles. The highest BCUT2D eigenvalue weighted by Gasteiger charge is 2.49. The van der Waals surface area contributed by atoms with Gasteiger partial charge in [-0.2, -0.15) is 13.2 Å². The van der Waals surface area contributed by atoms with Crippen molar-refractivity contribution in [1.29, 1.82) is 0 Å². The van der Waals surface area contributed by atoms with Gasteiger partial charge in [-0.3, -0.25) is 4.99 Å². The summed E-state index contributed by atoms with van der Waals surface area (Å²) in [7, 11) is -5.38. The van der Waals surface area contributed by atoms with Crippen LogP contribution in [0.25, 0.3) is 0 Å². The summed E-state index contributed by atoms with van der Waals surface area (Å²) >= 11 is 0. The molecule has 0 spiro atoms. The molecule has 1 saturated heterocycles. The van der Waals surface area contributed by atoms with Crippen LogP contribution >= 0.6 is 0 Å². The van der Waals surface area contributed by atoms with Crippen molar-refractivity contribution in [3.8, 4) is 0 Å². The average molecular weight is 410 g/mol. The van der Waals surface area contributed by atoms with E-state index in [9.17, 15) is 21.6 Å². The summed E-state index contributed by atoms with van der Waals surface area (Å²) in [4.78, 5) is 6.84. The highest BCUT2D eigenvalue weighted by atomic mass is 32.2. The second kappa shape index (κ2) is 6.76. The van der Waals surface area contributed by atoms with Crippen molar-refractivity contribution in [1.82, 2.24) is 9.62 Å². The van der Waals surface area contributed by atoms with Crippen LogP contribution in [0, 0.1) is 10.8 Å². The maximum absolute atomic E-state index is 12.8. The fourth-order valence-electron chi connectivity index (χ4n) is 3.81. The van der Waals surface area contributed by atoms with Gasteiger partial charge >= 0.3 is 15.5 Å². The van der Waals surface area contributed by atoms with E-state index in [2.05, 4.69) is 41.5 Å². The van der Waals surface area contributed by atoms with Crippen LogP contribution in [0.3, 0.4) is 0 Å². The summed E-state index contributed by atoms with van der Waals surface area (Å²) in [5.41, 5.74) is -3.74. The van der Waals surface area contributed by atoms with E-state index in [1.54, 1.807) is 0 Å². The zero-order chi connectivity index (χ0) is 21.0. The summed E-state index contributed by atoms with van der Waals surface area (Å²) in [6.07, 6.45) is 0.861. The van der Waals surface area contributed by atoms with Crippen LogP contribution in [0.4, 0.5) is 13.2 Å². The van der Waals surface area contributed by atoms with E-state index in [0.29, 0.717) is 6.42 Å². The van der Waals surface area contributed by atoms with E-state index >= 15 is 0 Å². The number of amidine groups is 1. The average Bonchev–Trinajstić information content (AvgIpc) is 2.83. The predicted octanol–water partition coefficient (Wildman–Crippen LogP) is 4.04. The Balaban J connectivity index is 2.50. The minimum atomic E-state index is -5.38. The van der Waals surface area contributed by atoms with Crippen LogP contribution in [0.2, 0.25) is 0 Å². The number of aliphatic imine (C=N–C) groups is 1. The highest BCUT2D eigenvalue weighted by Crippen LogP contribution is 2.46. The Morgan fingerprint density at radius 2 is 1.70 bits per heavy atom. The molecule has 5 nitrogen and oxygen atoms in total. The molecule has 9 heteroatoms. The van der Waals surface area contributed by atoms with Crippen molar-refractivity contribution in [2.24, 2.45) is 15.8 Å². The van der Waals surface area contributed by atoms with Crippen molar-refractivity contribution in [3.63, 3.8) is 0 Å². The molecular formula is C18H30F3N3O2S. The second-order valence-corrected chi connectivity index (χ2v) is 11.1. The molecule has 1 N–H and O–H groups in total. The molecule has 0 aromatic carbocycles. The molecule has 0 amide bonds. The monoisotopic (exact) mass is 409 g/mol. The zero-order valence-corrected chi connectivity index (χ0v) is 17.8. The SMILES string of the molecule is CCC1=NC(C(C)(C)C)C(C(C)(C)C)=C2CC(NS(=O)(=O)C(F)(F)F)CN12. The van der Waals surface area contributed by atoms with Crippen LogP contribution in [0.15, 0.2) is 16.3 Å². The molecule has 2 aliphatic heterocycles. The summed E-state index contributed by atoms with van der Waals surface area (Å²) in [5.74, 6) is 0.798. The van der Waals surface area contributed by atoms with Crippen LogP contribution in [-0.4, -0.2) is 43.3 Å². The van der Waals surface area contributed by atoms with Gasteiger partial charge in [-0.05, 0) is 16.4 Å². The third-order valence-corrected chi connectivity index (χ3v) is 6.17. The molecule has 2 unspecified atom stereocenters. The molecule has 2 heterocycles. The topological polar surface area (TPSA) is 61.8 Å². The Morgan fingerprint density at radius 1 is 1.15 bits per heavy atom. The third kappa shape index (κ3) is 4.34. The lowest BCUT2D eigenvalue weighted by molar-refractivity contribution is -0.0450. The van der Waals surface area contributed by atoms with Gasteiger partial charge in [0.15, 0.2) is 0 Å². The van der Waals surface area contributed by atoms with E-state index in [4.69, 9.17) is 4.99 Å². The lowest BCUT2D eigenvalue weighted by atomic mass is 9.71. The summed E-state index contributed by atoms with van der Waals surface area (Å²) in [5, 5.41) is 0. The number of hydrogen-bond donors (Lipinski definition) is 1. The standard InChI is InChI=1S/C18H30F3N3O2S/c1-8-13-22-15(17(5,6)7)14(16(2,3)4)12-9-11(10-24(12)13)23-27(25,26)18(19,20)21/h11,15,23H,8-10H2,1-7H3. The third-order valence-electron chi connectivity index (χ3n) is 4.91. The van der Waals surface area contributed by atoms with Crippen LogP contribution in [0.5, 0.6) is 0 Å². The molecule has 2 rings (SSSR count). The lowest BCUT2D eigenvalue weighted by Crippen LogP contribution is -2.45. The number of alkyl halides is 3. The first-order valence-corrected chi connectivity index (χ1v) is 10.6. The van der Waals surface area contributed by atoms with Crippen molar-refractivity contribution in [2.75, 3.05) is 6.54 Å². The van der Waals surface area contributed by atoms with Crippen LogP contribution in [-0.2, 0) is 10.0 Å². The minimum Gasteiger partial charge on any atom is -0.332 e. The largest absolute Gasteiger partial charge is 0.511 e.